The van der Waals surface area contributed by atoms with Gasteiger partial charge in [0.1, 0.15) is 0 Å². The Bertz CT molecular complexity index is 188. The number of anilines is 1. The van der Waals surface area contributed by atoms with Crippen LogP contribution < -0.4 is 1.40 Å². The molecule has 1 rings (SSSR count). The van der Waals surface area contributed by atoms with Gasteiger partial charge in [0, 0.05) is 0 Å². The third-order valence-electron chi connectivity index (χ3n) is 0.969. The second-order valence-electron chi connectivity index (χ2n) is 1.59. The fraction of sp³-hybridized carbons (Fsp3) is 0. The zero-order valence-corrected chi connectivity index (χ0v) is 8.00. The van der Waals surface area contributed by atoms with Gasteiger partial charge in [-0.2, -0.15) is 0 Å². The van der Waals surface area contributed by atoms with Gasteiger partial charge in [0.05, 0.1) is 0 Å². The molecule has 0 aliphatic heterocycles. The Kier molecular flexibility index (Phi) is 3.29. The molecular weight excluding hydrogens is 246 g/mol. The average Bonchev–Trinajstić information content (AvgIpc) is 1.91. The van der Waals surface area contributed by atoms with Gasteiger partial charge in [-0.3, -0.25) is 0 Å². The molecule has 0 bridgehead atoms. The number of para-hydroxylation sites is 1. The van der Waals surface area contributed by atoms with Gasteiger partial charge in [0.2, 0.25) is 0 Å². The van der Waals surface area contributed by atoms with E-state index in [4.69, 9.17) is 0 Å². The molecule has 0 atom stereocenters. The van der Waals surface area contributed by atoms with Crippen molar-refractivity contribution in [2.75, 3.05) is 1.40 Å². The van der Waals surface area contributed by atoms with Crippen molar-refractivity contribution in [2.45, 2.75) is 0 Å². The number of rotatable bonds is 2. The predicted octanol–water partition coefficient (Wildman–Crippen LogP) is 1.44. The van der Waals surface area contributed by atoms with Crippen LogP contribution in [0.15, 0.2) is 30.3 Å². The summed E-state index contributed by atoms with van der Waals surface area (Å²) in [6.45, 7) is 0. The molecule has 0 saturated heterocycles. The van der Waals surface area contributed by atoms with E-state index in [1.807, 2.05) is 30.3 Å². The van der Waals surface area contributed by atoms with E-state index in [0.29, 0.717) is 0 Å². The summed E-state index contributed by atoms with van der Waals surface area (Å²) in [6.07, 6.45) is 0. The summed E-state index contributed by atoms with van der Waals surface area (Å²) in [5, 5.41) is 0. The molecule has 9 heavy (non-hydrogen) atoms. The molecule has 0 spiro atoms. The molecule has 0 saturated carbocycles. The first-order chi connectivity index (χ1) is 4.43. The van der Waals surface area contributed by atoms with Gasteiger partial charge >= 0.3 is 75.7 Å². The van der Waals surface area contributed by atoms with Crippen molar-refractivity contribution >= 4 is 5.69 Å². The molecule has 0 fully saturated rings. The second kappa shape index (κ2) is 4.06. The van der Waals surface area contributed by atoms with E-state index >= 15 is 0 Å². The Morgan fingerprint density at radius 2 is 1.89 bits per heavy atom. The van der Waals surface area contributed by atoms with Crippen LogP contribution in [0, 0.1) is 37.2 Å². The van der Waals surface area contributed by atoms with Crippen molar-refractivity contribution in [2.24, 2.45) is 0 Å². The summed E-state index contributed by atoms with van der Waals surface area (Å²) < 4.78 is 13.0. The molecule has 1 aromatic rings. The van der Waals surface area contributed by atoms with Crippen LogP contribution in [0.5, 0.6) is 0 Å². The molecule has 3 heteroatoms. The van der Waals surface area contributed by atoms with E-state index in [-0.39, 0.29) is 0 Å². The van der Waals surface area contributed by atoms with Crippen molar-refractivity contribution in [3.63, 3.8) is 0 Å². The normalized spacial score (nSPS) is 8.00. The molecule has 0 heterocycles. The van der Waals surface area contributed by atoms with Crippen LogP contribution in [0.3, 0.4) is 0 Å². The Labute approximate surface area is 74.9 Å². The van der Waals surface area contributed by atoms with Crippen LogP contribution in [-0.2, 0) is 1.05 Å². The number of hydrogen-bond donors (Lipinski definition) is 1. The van der Waals surface area contributed by atoms with Crippen molar-refractivity contribution in [1.29, 1.82) is 0 Å². The maximum atomic E-state index is 10.2. The van der Waals surface area contributed by atoms with Crippen LogP contribution in [0.1, 0.15) is 0 Å². The average molecular weight is 252 g/mol. The van der Waals surface area contributed by atoms with E-state index in [1.165, 1.54) is 0 Å². The molecule has 1 N–H and O–H groups in total. The fourth-order valence-electron chi connectivity index (χ4n) is 0.580. The van der Waals surface area contributed by atoms with Crippen LogP contribution in [0.25, 0.3) is 0 Å². The Morgan fingerprint density at radius 3 is 2.44 bits per heavy atom. The van der Waals surface area contributed by atoms with Gasteiger partial charge in [-0.25, -0.2) is 0 Å². The van der Waals surface area contributed by atoms with Gasteiger partial charge in [-0.05, 0) is 0 Å². The Hall–Kier alpha value is 0.171. The van der Waals surface area contributed by atoms with Crippen LogP contribution >= 0.6 is 0 Å². The molecule has 0 radical (unpaired) electrons. The summed E-state index contributed by atoms with van der Waals surface area (Å²) in [4.78, 5) is 0. The molecule has 0 aliphatic rings. The van der Waals surface area contributed by atoms with Gasteiger partial charge in [0.25, 0.3) is 0 Å². The topological polar surface area (TPSA) is 29.1 Å². The van der Waals surface area contributed by atoms with Gasteiger partial charge in [0.15, 0.2) is 0 Å². The maximum absolute atomic E-state index is 10.2. The zero-order valence-electron chi connectivity index (χ0n) is 4.79. The van der Waals surface area contributed by atoms with Crippen molar-refractivity contribution in [3.05, 3.63) is 30.3 Å². The molecule has 0 unspecified atom stereocenters. The predicted molar refractivity (Wildman–Crippen MR) is 30.8 cm³/mol. The quantitative estimate of drug-likeness (QED) is 0.863. The Morgan fingerprint density at radius 1 is 1.22 bits per heavy atom. The van der Waals surface area contributed by atoms with Crippen molar-refractivity contribution in [3.8, 4) is 0 Å². The van der Waals surface area contributed by atoms with Gasteiger partial charge < -0.3 is 0 Å². The van der Waals surface area contributed by atoms with E-state index in [9.17, 15) is 1.05 Å². The van der Waals surface area contributed by atoms with Gasteiger partial charge in [-0.15, -0.1) is 0 Å². The van der Waals surface area contributed by atoms with E-state index in [0.717, 1.165) is 5.69 Å². The zero-order chi connectivity index (χ0) is 6.53. The molecular formula is C6H6NNdO. The molecule has 0 aromatic heterocycles. The summed E-state index contributed by atoms with van der Waals surface area (Å²) in [5.74, 6) is 0. The van der Waals surface area contributed by atoms with Gasteiger partial charge in [-0.1, -0.05) is 0 Å². The molecule has 0 aliphatic carbocycles. The molecule has 2 nitrogen and oxygen atoms in total. The summed E-state index contributed by atoms with van der Waals surface area (Å²) >= 11 is -1.69. The van der Waals surface area contributed by atoms with Crippen LogP contribution in [0.4, 0.5) is 5.69 Å². The van der Waals surface area contributed by atoms with Crippen molar-refractivity contribution in [1.82, 2.24) is 0 Å². The molecule has 0 amide bonds. The van der Waals surface area contributed by atoms with Crippen molar-refractivity contribution < 1.29 is 38.3 Å². The van der Waals surface area contributed by atoms with Crippen LogP contribution in [-0.4, -0.2) is 0 Å². The monoisotopic (exact) mass is 250 g/mol. The molecule has 1 aromatic carbocycles. The van der Waals surface area contributed by atoms with E-state index in [2.05, 4.69) is 1.40 Å². The molecule has 45 valence electrons. The number of benzene rings is 1. The number of hydrogen-bond acceptors (Lipinski definition) is 1. The SMILES string of the molecule is [O]=[Nd][NH]c1ccccc1. The fourth-order valence-corrected chi connectivity index (χ4v) is 1.49. The minimum absolute atomic E-state index is 0.968. The van der Waals surface area contributed by atoms with Crippen LogP contribution in [0.2, 0.25) is 0 Å². The summed E-state index contributed by atoms with van der Waals surface area (Å²) in [6, 6.07) is 9.59. The standard InChI is InChI=1S/C6H6N.Nd.O/c7-6-4-2-1-3-5-6;;/h1-5,7H;;/q-1;+1;. The first-order valence-electron chi connectivity index (χ1n) is 2.61. The van der Waals surface area contributed by atoms with E-state index in [1.54, 1.807) is 0 Å². The minimum atomic E-state index is -1.69. The summed E-state index contributed by atoms with van der Waals surface area (Å²) in [7, 11) is 0. The first-order valence-corrected chi connectivity index (χ1v) is 5.53. The summed E-state index contributed by atoms with van der Waals surface area (Å²) in [5.41, 5.74) is 0.968. The third kappa shape index (κ3) is 2.49. The Balaban J connectivity index is 2.72. The number of nitrogens with one attached hydrogen (secondary N) is 1. The second-order valence-corrected chi connectivity index (χ2v) is 3.05. The van der Waals surface area contributed by atoms with E-state index < -0.39 is 37.2 Å². The third-order valence-corrected chi connectivity index (χ3v) is 2.22. The first kappa shape index (κ1) is 7.28.